The highest BCUT2D eigenvalue weighted by Gasteiger charge is 2.26. The molecule has 1 unspecified atom stereocenters. The summed E-state index contributed by atoms with van der Waals surface area (Å²) in [7, 11) is 0. The van der Waals surface area contributed by atoms with Crippen molar-refractivity contribution in [2.75, 3.05) is 32.8 Å². The lowest BCUT2D eigenvalue weighted by atomic mass is 9.88. The molecule has 5 nitrogen and oxygen atoms in total. The van der Waals surface area contributed by atoms with Crippen molar-refractivity contribution in [2.24, 2.45) is 5.92 Å². The maximum Gasteiger partial charge on any atom is 0.141 e. The molecule has 1 aliphatic rings. The first-order chi connectivity index (χ1) is 18.8. The predicted octanol–water partition coefficient (Wildman–Crippen LogP) is 7.33. The van der Waals surface area contributed by atoms with E-state index in [4.69, 9.17) is 4.74 Å². The maximum atomic E-state index is 9.30. The normalized spacial score (nSPS) is 15.7. The van der Waals surface area contributed by atoms with Crippen LogP contribution < -0.4 is 0 Å². The molecular formula is C34H48N4O. The number of nitrogens with zero attached hydrogens (tertiary/aromatic N) is 4. The first-order valence-corrected chi connectivity index (χ1v) is 14.7. The van der Waals surface area contributed by atoms with Crippen LogP contribution in [0.4, 0.5) is 0 Å². The quantitative estimate of drug-likeness (QED) is 0.240. The van der Waals surface area contributed by atoms with E-state index in [2.05, 4.69) is 86.0 Å². The fourth-order valence-corrected chi connectivity index (χ4v) is 5.74. The van der Waals surface area contributed by atoms with Crippen LogP contribution >= 0.6 is 0 Å². The van der Waals surface area contributed by atoms with Crippen molar-refractivity contribution in [3.8, 4) is 6.07 Å². The standard InChI is InChI=1S/C34H48N4O/c1-8-30(26(5)21-27(6)34-25(4)11-16-32(22-35)36-34)24-38(33(9-2)10-3)28(7)31-14-12-29(13-15-31)23-37-17-19-39-20-18-37/h11-16,28,30,33H,5-6,8-10,17-21,23-24H2,1-4,7H3/t28?,30-/m0/s1. The first-order valence-electron chi connectivity index (χ1n) is 14.7. The van der Waals surface area contributed by atoms with Crippen LogP contribution in [0.1, 0.15) is 87.5 Å². The van der Waals surface area contributed by atoms with E-state index in [9.17, 15) is 5.26 Å². The number of pyridine rings is 1. The Bertz CT molecular complexity index is 1120. The molecule has 0 amide bonds. The fourth-order valence-electron chi connectivity index (χ4n) is 5.74. The average molecular weight is 529 g/mol. The zero-order valence-electron chi connectivity index (χ0n) is 24.9. The van der Waals surface area contributed by atoms with E-state index in [1.54, 1.807) is 6.07 Å². The van der Waals surface area contributed by atoms with Gasteiger partial charge in [-0.15, -0.1) is 0 Å². The second kappa shape index (κ2) is 15.1. The van der Waals surface area contributed by atoms with Crippen LogP contribution in [0.25, 0.3) is 5.57 Å². The van der Waals surface area contributed by atoms with E-state index in [1.165, 1.54) is 16.7 Å². The molecule has 1 aromatic heterocycles. The molecule has 1 aliphatic heterocycles. The molecule has 0 radical (unpaired) electrons. The second-order valence-corrected chi connectivity index (χ2v) is 11.0. The summed E-state index contributed by atoms with van der Waals surface area (Å²) >= 11 is 0. The van der Waals surface area contributed by atoms with Crippen molar-refractivity contribution >= 4 is 5.57 Å². The summed E-state index contributed by atoms with van der Waals surface area (Å²) in [6.45, 7) is 25.7. The molecule has 0 N–H and O–H groups in total. The highest BCUT2D eigenvalue weighted by atomic mass is 16.5. The second-order valence-electron chi connectivity index (χ2n) is 11.0. The van der Waals surface area contributed by atoms with E-state index in [0.717, 1.165) is 75.5 Å². The van der Waals surface area contributed by atoms with Crippen LogP contribution in [0.2, 0.25) is 0 Å². The number of morpholine rings is 1. The molecule has 210 valence electrons. The van der Waals surface area contributed by atoms with Gasteiger partial charge in [0.2, 0.25) is 0 Å². The van der Waals surface area contributed by atoms with E-state index in [-0.39, 0.29) is 0 Å². The lowest BCUT2D eigenvalue weighted by molar-refractivity contribution is 0.0342. The Morgan fingerprint density at radius 3 is 2.31 bits per heavy atom. The number of ether oxygens (including phenoxy) is 1. The molecule has 2 aromatic rings. The van der Waals surface area contributed by atoms with Gasteiger partial charge in [0, 0.05) is 38.3 Å². The van der Waals surface area contributed by atoms with Gasteiger partial charge in [-0.3, -0.25) is 9.80 Å². The Morgan fingerprint density at radius 1 is 1.05 bits per heavy atom. The highest BCUT2D eigenvalue weighted by Crippen LogP contribution is 2.32. The van der Waals surface area contributed by atoms with Gasteiger partial charge < -0.3 is 4.74 Å². The summed E-state index contributed by atoms with van der Waals surface area (Å²) in [5.41, 5.74) is 7.16. The number of aromatic nitrogens is 1. The molecule has 39 heavy (non-hydrogen) atoms. The van der Waals surface area contributed by atoms with Crippen LogP contribution in [0.3, 0.4) is 0 Å². The number of hydrogen-bond acceptors (Lipinski definition) is 5. The summed E-state index contributed by atoms with van der Waals surface area (Å²) in [6, 6.07) is 15.9. The van der Waals surface area contributed by atoms with Crippen LogP contribution in [0.5, 0.6) is 0 Å². The van der Waals surface area contributed by atoms with Crippen molar-refractivity contribution < 1.29 is 4.74 Å². The smallest absolute Gasteiger partial charge is 0.141 e. The predicted molar refractivity (Wildman–Crippen MR) is 162 cm³/mol. The van der Waals surface area contributed by atoms with Gasteiger partial charge in [-0.05, 0) is 73.8 Å². The van der Waals surface area contributed by atoms with Gasteiger partial charge in [0.05, 0.1) is 18.9 Å². The molecule has 2 heterocycles. The van der Waals surface area contributed by atoms with Gasteiger partial charge in [0.25, 0.3) is 0 Å². The maximum absolute atomic E-state index is 9.30. The zero-order chi connectivity index (χ0) is 28.4. The molecule has 0 aliphatic carbocycles. The third kappa shape index (κ3) is 8.35. The Balaban J connectivity index is 1.73. The minimum Gasteiger partial charge on any atom is -0.379 e. The van der Waals surface area contributed by atoms with Crippen molar-refractivity contribution in [3.63, 3.8) is 0 Å². The fraction of sp³-hybridized carbons (Fsp3) is 0.529. The largest absolute Gasteiger partial charge is 0.379 e. The molecule has 0 saturated carbocycles. The number of hydrogen-bond donors (Lipinski definition) is 0. The highest BCUT2D eigenvalue weighted by molar-refractivity contribution is 5.65. The Morgan fingerprint density at radius 2 is 1.72 bits per heavy atom. The molecule has 0 bridgehead atoms. The lowest BCUT2D eigenvalue weighted by Crippen LogP contribution is -2.40. The minimum absolute atomic E-state index is 0.314. The topological polar surface area (TPSA) is 52.4 Å². The number of rotatable bonds is 14. The SMILES string of the molecule is C=C(CC(=C)[C@@H](CC)CN(C(CC)CC)C(C)c1ccc(CN2CCOCC2)cc1)c1nc(C#N)ccc1C. The number of nitriles is 1. The number of aryl methyl sites for hydroxylation is 1. The Hall–Kier alpha value is -2.78. The van der Waals surface area contributed by atoms with Crippen molar-refractivity contribution in [1.82, 2.24) is 14.8 Å². The van der Waals surface area contributed by atoms with E-state index in [0.29, 0.717) is 30.1 Å². The lowest BCUT2D eigenvalue weighted by Gasteiger charge is -2.39. The average Bonchev–Trinajstić information content (AvgIpc) is 2.96. The van der Waals surface area contributed by atoms with Gasteiger partial charge in [0.1, 0.15) is 11.8 Å². The summed E-state index contributed by atoms with van der Waals surface area (Å²) < 4.78 is 5.50. The third-order valence-corrected chi connectivity index (χ3v) is 8.37. The molecule has 3 rings (SSSR count). The van der Waals surface area contributed by atoms with Crippen molar-refractivity contribution in [1.29, 1.82) is 5.26 Å². The van der Waals surface area contributed by atoms with Crippen LogP contribution in [-0.2, 0) is 11.3 Å². The molecule has 0 spiro atoms. The van der Waals surface area contributed by atoms with E-state index < -0.39 is 0 Å². The summed E-state index contributed by atoms with van der Waals surface area (Å²) in [4.78, 5) is 9.70. The minimum atomic E-state index is 0.314. The monoisotopic (exact) mass is 528 g/mol. The third-order valence-electron chi connectivity index (χ3n) is 8.37. The van der Waals surface area contributed by atoms with Gasteiger partial charge in [0.15, 0.2) is 0 Å². The van der Waals surface area contributed by atoms with Crippen molar-refractivity contribution in [3.05, 3.63) is 83.2 Å². The van der Waals surface area contributed by atoms with Crippen LogP contribution in [0.15, 0.2) is 55.1 Å². The van der Waals surface area contributed by atoms with Gasteiger partial charge in [-0.25, -0.2) is 4.98 Å². The van der Waals surface area contributed by atoms with Crippen LogP contribution in [0, 0.1) is 24.2 Å². The van der Waals surface area contributed by atoms with Gasteiger partial charge >= 0.3 is 0 Å². The summed E-state index contributed by atoms with van der Waals surface area (Å²) in [5, 5.41) is 9.30. The van der Waals surface area contributed by atoms with Gasteiger partial charge in [-0.2, -0.15) is 5.26 Å². The molecule has 1 saturated heterocycles. The molecule has 1 aromatic carbocycles. The molecule has 5 heteroatoms. The number of benzene rings is 1. The summed E-state index contributed by atoms with van der Waals surface area (Å²) in [5.74, 6) is 0.352. The Kier molecular flexibility index (Phi) is 11.9. The molecule has 2 atom stereocenters. The van der Waals surface area contributed by atoms with Crippen molar-refractivity contribution in [2.45, 2.75) is 78.9 Å². The molecular weight excluding hydrogens is 480 g/mol. The Labute approximate surface area is 237 Å². The van der Waals surface area contributed by atoms with E-state index in [1.807, 2.05) is 13.0 Å². The zero-order valence-corrected chi connectivity index (χ0v) is 24.9. The number of allylic oxidation sites excluding steroid dienone is 1. The van der Waals surface area contributed by atoms with E-state index >= 15 is 0 Å². The molecule has 1 fully saturated rings. The van der Waals surface area contributed by atoms with Crippen LogP contribution in [-0.4, -0.2) is 53.7 Å². The first kappa shape index (κ1) is 30.8. The van der Waals surface area contributed by atoms with Gasteiger partial charge in [-0.1, -0.05) is 69.8 Å². The summed E-state index contributed by atoms with van der Waals surface area (Å²) in [6.07, 6.45) is 3.96.